The molecule has 0 spiro atoms. The lowest BCUT2D eigenvalue weighted by molar-refractivity contribution is -0.137. The first-order valence-electron chi connectivity index (χ1n) is 6.91. The van der Waals surface area contributed by atoms with E-state index in [1.54, 1.807) is 0 Å². The number of anilines is 1. The number of amides is 2. The molecule has 2 aliphatic rings. The number of aryl methyl sites for hydroxylation is 2. The highest BCUT2D eigenvalue weighted by molar-refractivity contribution is 7.15. The minimum atomic E-state index is -0.981. The van der Waals surface area contributed by atoms with Gasteiger partial charge in [0.25, 0.3) is 0 Å². The van der Waals surface area contributed by atoms with Gasteiger partial charge in [0.2, 0.25) is 0 Å². The largest absolute Gasteiger partial charge is 0.480 e. The van der Waals surface area contributed by atoms with E-state index in [9.17, 15) is 9.59 Å². The molecule has 1 aromatic heterocycles. The van der Waals surface area contributed by atoms with Crippen LogP contribution >= 0.6 is 11.3 Å². The van der Waals surface area contributed by atoms with Crippen molar-refractivity contribution in [1.29, 1.82) is 0 Å². The predicted octanol–water partition coefficient (Wildman–Crippen LogP) is 2.10. The third-order valence-corrected chi connectivity index (χ3v) is 4.69. The first-order chi connectivity index (χ1) is 9.63. The van der Waals surface area contributed by atoms with Gasteiger partial charge in [0.15, 0.2) is 5.13 Å². The summed E-state index contributed by atoms with van der Waals surface area (Å²) in [5.41, 5.74) is 1.09. The molecule has 6 nitrogen and oxygen atoms in total. The molecule has 3 rings (SSSR count). The number of carboxylic acids is 1. The van der Waals surface area contributed by atoms with Crippen molar-refractivity contribution < 1.29 is 14.7 Å². The van der Waals surface area contributed by atoms with Gasteiger partial charge in [-0.3, -0.25) is 10.1 Å². The zero-order valence-corrected chi connectivity index (χ0v) is 11.9. The zero-order valence-electron chi connectivity index (χ0n) is 11.1. The fraction of sp³-hybridized carbons (Fsp3) is 0.615. The summed E-state index contributed by atoms with van der Waals surface area (Å²) in [4.78, 5) is 30.1. The Morgan fingerprint density at radius 3 is 2.75 bits per heavy atom. The molecule has 0 aliphatic heterocycles. The zero-order chi connectivity index (χ0) is 14.1. The second kappa shape index (κ2) is 5.40. The van der Waals surface area contributed by atoms with E-state index in [0.29, 0.717) is 5.13 Å². The Labute approximate surface area is 120 Å². The van der Waals surface area contributed by atoms with Gasteiger partial charge < -0.3 is 10.0 Å². The number of fused-ring (bicyclic) bond motifs is 1. The van der Waals surface area contributed by atoms with Gasteiger partial charge in [-0.15, -0.1) is 11.3 Å². The number of carboxylic acid groups (broad SMARTS) is 1. The number of aliphatic carboxylic acids is 1. The molecule has 2 N–H and O–H groups in total. The molecule has 2 amide bonds. The monoisotopic (exact) mass is 295 g/mol. The Kier molecular flexibility index (Phi) is 3.60. The van der Waals surface area contributed by atoms with Crippen LogP contribution in [0.3, 0.4) is 0 Å². The molecule has 0 atom stereocenters. The number of thiazole rings is 1. The second-order valence-corrected chi connectivity index (χ2v) is 6.36. The van der Waals surface area contributed by atoms with Gasteiger partial charge in [-0.25, -0.2) is 9.78 Å². The second-order valence-electron chi connectivity index (χ2n) is 5.28. The fourth-order valence-corrected chi connectivity index (χ4v) is 3.51. The van der Waals surface area contributed by atoms with Crippen LogP contribution in [0.2, 0.25) is 0 Å². The van der Waals surface area contributed by atoms with Crippen LogP contribution in [0.4, 0.5) is 9.93 Å². The molecular formula is C13H17N3O3S. The Morgan fingerprint density at radius 1 is 1.35 bits per heavy atom. The topological polar surface area (TPSA) is 82.5 Å². The summed E-state index contributed by atoms with van der Waals surface area (Å²) < 4.78 is 0. The van der Waals surface area contributed by atoms with E-state index in [4.69, 9.17) is 5.11 Å². The van der Waals surface area contributed by atoms with Crippen molar-refractivity contribution in [2.45, 2.75) is 44.6 Å². The van der Waals surface area contributed by atoms with Crippen molar-refractivity contribution in [1.82, 2.24) is 9.88 Å². The van der Waals surface area contributed by atoms with Crippen LogP contribution in [0.15, 0.2) is 0 Å². The normalized spacial score (nSPS) is 17.4. The van der Waals surface area contributed by atoms with Crippen LogP contribution in [-0.2, 0) is 17.6 Å². The minimum absolute atomic E-state index is 0.0701. The highest BCUT2D eigenvalue weighted by Crippen LogP contribution is 2.31. The van der Waals surface area contributed by atoms with Crippen LogP contribution < -0.4 is 5.32 Å². The maximum Gasteiger partial charge on any atom is 0.324 e. The molecule has 0 radical (unpaired) electrons. The molecule has 1 fully saturated rings. The molecule has 20 heavy (non-hydrogen) atoms. The summed E-state index contributed by atoms with van der Waals surface area (Å²) in [7, 11) is 0. The minimum Gasteiger partial charge on any atom is -0.480 e. The highest BCUT2D eigenvalue weighted by Gasteiger charge is 2.34. The van der Waals surface area contributed by atoms with Crippen molar-refractivity contribution in [3.05, 3.63) is 10.6 Å². The third kappa shape index (κ3) is 2.92. The van der Waals surface area contributed by atoms with Gasteiger partial charge in [-0.1, -0.05) is 0 Å². The van der Waals surface area contributed by atoms with Crippen LogP contribution in [-0.4, -0.2) is 39.6 Å². The molecule has 0 aromatic carbocycles. The van der Waals surface area contributed by atoms with Gasteiger partial charge >= 0.3 is 12.0 Å². The lowest BCUT2D eigenvalue weighted by Crippen LogP contribution is -2.40. The fourth-order valence-electron chi connectivity index (χ4n) is 2.47. The first kappa shape index (κ1) is 13.4. The summed E-state index contributed by atoms with van der Waals surface area (Å²) in [6.07, 6.45) is 6.10. The summed E-state index contributed by atoms with van der Waals surface area (Å²) >= 11 is 1.51. The Hall–Kier alpha value is -1.63. The number of carbonyl (C=O) groups is 2. The number of nitrogens with one attached hydrogen (secondary N) is 1. The molecule has 108 valence electrons. The molecule has 0 bridgehead atoms. The number of rotatable bonds is 4. The lowest BCUT2D eigenvalue weighted by atomic mass is 10.0. The van der Waals surface area contributed by atoms with Crippen LogP contribution in [0.1, 0.15) is 36.3 Å². The molecule has 1 aromatic rings. The van der Waals surface area contributed by atoms with Gasteiger partial charge in [0.1, 0.15) is 6.54 Å². The molecule has 1 saturated carbocycles. The summed E-state index contributed by atoms with van der Waals surface area (Å²) in [5.74, 6) is -0.981. The van der Waals surface area contributed by atoms with E-state index in [0.717, 1.165) is 37.8 Å². The van der Waals surface area contributed by atoms with Gasteiger partial charge in [0.05, 0.1) is 5.69 Å². The van der Waals surface area contributed by atoms with Gasteiger partial charge in [-0.2, -0.15) is 0 Å². The number of nitrogens with zero attached hydrogens (tertiary/aromatic N) is 2. The van der Waals surface area contributed by atoms with Crippen molar-refractivity contribution in [3.8, 4) is 0 Å². The first-order valence-corrected chi connectivity index (χ1v) is 7.73. The van der Waals surface area contributed by atoms with Crippen molar-refractivity contribution in [3.63, 3.8) is 0 Å². The standard InChI is InChI=1S/C13H17N3O3S/c17-11(18)7-16(8-5-6-8)13(19)15-12-14-9-3-1-2-4-10(9)20-12/h8H,1-7H2,(H,17,18)(H,14,15,19). The lowest BCUT2D eigenvalue weighted by Gasteiger charge is -2.19. The maximum absolute atomic E-state index is 12.2. The van der Waals surface area contributed by atoms with E-state index in [1.807, 2.05) is 0 Å². The predicted molar refractivity (Wildman–Crippen MR) is 75.1 cm³/mol. The van der Waals surface area contributed by atoms with E-state index in [2.05, 4.69) is 10.3 Å². The van der Waals surface area contributed by atoms with Crippen molar-refractivity contribution in [2.75, 3.05) is 11.9 Å². The summed E-state index contributed by atoms with van der Waals surface area (Å²) in [5, 5.41) is 12.2. The highest BCUT2D eigenvalue weighted by atomic mass is 32.1. The molecular weight excluding hydrogens is 278 g/mol. The Bertz CT molecular complexity index is 515. The quantitative estimate of drug-likeness (QED) is 0.891. The number of hydrogen-bond donors (Lipinski definition) is 2. The summed E-state index contributed by atoms with van der Waals surface area (Å²) in [6, 6.07) is -0.276. The number of aromatic nitrogens is 1. The van der Waals surface area contributed by atoms with E-state index < -0.39 is 5.97 Å². The molecule has 1 heterocycles. The van der Waals surface area contributed by atoms with E-state index in [-0.39, 0.29) is 18.6 Å². The summed E-state index contributed by atoms with van der Waals surface area (Å²) in [6.45, 7) is -0.248. The van der Waals surface area contributed by atoms with Gasteiger partial charge in [-0.05, 0) is 38.5 Å². The third-order valence-electron chi connectivity index (χ3n) is 3.61. The number of urea groups is 1. The average molecular weight is 295 g/mol. The van der Waals surface area contributed by atoms with Crippen LogP contribution in [0.25, 0.3) is 0 Å². The van der Waals surface area contributed by atoms with Crippen LogP contribution in [0.5, 0.6) is 0 Å². The smallest absolute Gasteiger partial charge is 0.324 e. The SMILES string of the molecule is O=C(O)CN(C(=O)Nc1nc2c(s1)CCCC2)C1CC1. The van der Waals surface area contributed by atoms with E-state index in [1.165, 1.54) is 27.5 Å². The Balaban J connectivity index is 1.67. The number of hydrogen-bond acceptors (Lipinski definition) is 4. The van der Waals surface area contributed by atoms with Gasteiger partial charge in [0, 0.05) is 10.9 Å². The molecule has 7 heteroatoms. The molecule has 2 aliphatic carbocycles. The number of carbonyl (C=O) groups excluding carboxylic acids is 1. The average Bonchev–Trinajstić information content (AvgIpc) is 3.15. The molecule has 0 saturated heterocycles. The van der Waals surface area contributed by atoms with Crippen molar-refractivity contribution in [2.24, 2.45) is 0 Å². The Morgan fingerprint density at radius 2 is 2.10 bits per heavy atom. The molecule has 0 unspecified atom stereocenters. The van der Waals surface area contributed by atoms with Crippen LogP contribution in [0, 0.1) is 0 Å². The maximum atomic E-state index is 12.2. The van der Waals surface area contributed by atoms with E-state index >= 15 is 0 Å². The van der Waals surface area contributed by atoms with Crippen molar-refractivity contribution >= 4 is 28.5 Å².